The maximum atomic E-state index is 12.5. The normalized spacial score (nSPS) is 16.5. The van der Waals surface area contributed by atoms with Crippen molar-refractivity contribution < 1.29 is 14.1 Å². The van der Waals surface area contributed by atoms with Crippen LogP contribution < -0.4 is 9.64 Å². The molecule has 1 unspecified atom stereocenters. The minimum absolute atomic E-state index is 0.148. The molecule has 0 spiro atoms. The largest absolute Gasteiger partial charge is 0.479 e. The SMILES string of the molecule is CC1Oc2ccccc2N(Cc2nc(-c3ccc(Cl)cc3)no2)C1=O. The first-order chi connectivity index (χ1) is 12.1. The Hall–Kier alpha value is -2.86. The summed E-state index contributed by atoms with van der Waals surface area (Å²) in [5, 5.41) is 4.62. The van der Waals surface area contributed by atoms with E-state index in [4.69, 9.17) is 20.9 Å². The van der Waals surface area contributed by atoms with E-state index in [1.165, 1.54) is 0 Å². The van der Waals surface area contributed by atoms with Gasteiger partial charge in [-0.05, 0) is 43.3 Å². The lowest BCUT2D eigenvalue weighted by Crippen LogP contribution is -2.44. The van der Waals surface area contributed by atoms with Crippen LogP contribution in [0, 0.1) is 0 Å². The van der Waals surface area contributed by atoms with Crippen LogP contribution >= 0.6 is 11.6 Å². The van der Waals surface area contributed by atoms with E-state index in [2.05, 4.69) is 10.1 Å². The standard InChI is InChI=1S/C18H14ClN3O3/c1-11-18(23)22(14-4-2-3-5-15(14)24-11)10-16-20-17(21-25-16)12-6-8-13(19)9-7-12/h2-9,11H,10H2,1H3. The zero-order valence-corrected chi connectivity index (χ0v) is 14.1. The number of hydrogen-bond donors (Lipinski definition) is 0. The highest BCUT2D eigenvalue weighted by atomic mass is 35.5. The van der Waals surface area contributed by atoms with Crippen LogP contribution in [0.3, 0.4) is 0 Å². The molecule has 0 saturated carbocycles. The maximum absolute atomic E-state index is 12.5. The van der Waals surface area contributed by atoms with Crippen molar-refractivity contribution in [2.75, 3.05) is 4.90 Å². The van der Waals surface area contributed by atoms with Crippen molar-refractivity contribution in [1.29, 1.82) is 0 Å². The van der Waals surface area contributed by atoms with E-state index in [1.54, 1.807) is 24.0 Å². The van der Waals surface area contributed by atoms with E-state index in [9.17, 15) is 4.79 Å². The van der Waals surface area contributed by atoms with E-state index in [1.807, 2.05) is 36.4 Å². The Kier molecular flexibility index (Phi) is 3.89. The highest BCUT2D eigenvalue weighted by molar-refractivity contribution is 6.30. The number of fused-ring (bicyclic) bond motifs is 1. The predicted molar refractivity (Wildman–Crippen MR) is 92.5 cm³/mol. The van der Waals surface area contributed by atoms with E-state index < -0.39 is 6.10 Å². The molecule has 0 fully saturated rings. The molecule has 1 atom stereocenters. The molecule has 1 amide bonds. The van der Waals surface area contributed by atoms with E-state index in [0.717, 1.165) is 5.56 Å². The maximum Gasteiger partial charge on any atom is 0.268 e. The third-order valence-electron chi connectivity index (χ3n) is 3.94. The highest BCUT2D eigenvalue weighted by Gasteiger charge is 2.32. The summed E-state index contributed by atoms with van der Waals surface area (Å²) in [4.78, 5) is 18.5. The van der Waals surface area contributed by atoms with Gasteiger partial charge in [-0.2, -0.15) is 4.98 Å². The molecule has 0 aliphatic carbocycles. The highest BCUT2D eigenvalue weighted by Crippen LogP contribution is 2.34. The van der Waals surface area contributed by atoms with Crippen LogP contribution in [0.4, 0.5) is 5.69 Å². The van der Waals surface area contributed by atoms with Gasteiger partial charge in [0.15, 0.2) is 6.10 Å². The summed E-state index contributed by atoms with van der Waals surface area (Å²) in [6, 6.07) is 14.5. The summed E-state index contributed by atoms with van der Waals surface area (Å²) in [6.07, 6.45) is -0.562. The average molecular weight is 356 g/mol. The second-order valence-electron chi connectivity index (χ2n) is 5.67. The van der Waals surface area contributed by atoms with Crippen molar-refractivity contribution in [3.05, 3.63) is 59.4 Å². The van der Waals surface area contributed by atoms with Crippen molar-refractivity contribution in [1.82, 2.24) is 10.1 Å². The third kappa shape index (κ3) is 2.96. The summed E-state index contributed by atoms with van der Waals surface area (Å²) < 4.78 is 10.9. The number of rotatable bonds is 3. The minimum atomic E-state index is -0.562. The fourth-order valence-electron chi connectivity index (χ4n) is 2.69. The number of halogens is 1. The lowest BCUT2D eigenvalue weighted by atomic mass is 10.2. The lowest BCUT2D eigenvalue weighted by molar-refractivity contribution is -0.125. The van der Waals surface area contributed by atoms with Gasteiger partial charge in [0.2, 0.25) is 11.7 Å². The molecule has 0 N–H and O–H groups in total. The molecule has 3 aromatic rings. The van der Waals surface area contributed by atoms with Crippen LogP contribution in [0.15, 0.2) is 53.1 Å². The molecule has 2 heterocycles. The number of amides is 1. The van der Waals surface area contributed by atoms with Crippen LogP contribution in [0.2, 0.25) is 5.02 Å². The van der Waals surface area contributed by atoms with Crippen molar-refractivity contribution in [3.63, 3.8) is 0 Å². The van der Waals surface area contributed by atoms with Gasteiger partial charge in [-0.15, -0.1) is 0 Å². The fraction of sp³-hybridized carbons (Fsp3) is 0.167. The smallest absolute Gasteiger partial charge is 0.268 e. The second-order valence-corrected chi connectivity index (χ2v) is 6.11. The molecular formula is C18H14ClN3O3. The summed E-state index contributed by atoms with van der Waals surface area (Å²) in [6.45, 7) is 1.91. The molecular weight excluding hydrogens is 342 g/mol. The Balaban J connectivity index is 1.62. The zero-order chi connectivity index (χ0) is 17.4. The van der Waals surface area contributed by atoms with Gasteiger partial charge in [0.1, 0.15) is 12.3 Å². The quantitative estimate of drug-likeness (QED) is 0.716. The molecule has 1 aliphatic heterocycles. The molecule has 7 heteroatoms. The molecule has 2 aromatic carbocycles. The summed E-state index contributed by atoms with van der Waals surface area (Å²) in [7, 11) is 0. The third-order valence-corrected chi connectivity index (χ3v) is 4.19. The van der Waals surface area contributed by atoms with Gasteiger partial charge in [0, 0.05) is 10.6 Å². The number of carbonyl (C=O) groups is 1. The monoisotopic (exact) mass is 355 g/mol. The number of hydrogen-bond acceptors (Lipinski definition) is 5. The number of aromatic nitrogens is 2. The number of carbonyl (C=O) groups excluding carboxylic acids is 1. The van der Waals surface area contributed by atoms with E-state index in [-0.39, 0.29) is 12.5 Å². The van der Waals surface area contributed by atoms with Crippen molar-refractivity contribution in [3.8, 4) is 17.1 Å². The Bertz CT molecular complexity index is 923. The molecule has 0 saturated heterocycles. The topological polar surface area (TPSA) is 68.5 Å². The van der Waals surface area contributed by atoms with Crippen LogP contribution in [-0.2, 0) is 11.3 Å². The number of ether oxygens (including phenoxy) is 1. The fourth-order valence-corrected chi connectivity index (χ4v) is 2.82. The lowest BCUT2D eigenvalue weighted by Gasteiger charge is -2.31. The summed E-state index contributed by atoms with van der Waals surface area (Å²) in [5.41, 5.74) is 1.48. The summed E-state index contributed by atoms with van der Waals surface area (Å²) >= 11 is 5.89. The molecule has 25 heavy (non-hydrogen) atoms. The Morgan fingerprint density at radius 3 is 2.72 bits per heavy atom. The van der Waals surface area contributed by atoms with Crippen molar-refractivity contribution in [2.45, 2.75) is 19.6 Å². The van der Waals surface area contributed by atoms with Crippen LogP contribution in [-0.4, -0.2) is 22.2 Å². The van der Waals surface area contributed by atoms with E-state index >= 15 is 0 Å². The zero-order valence-electron chi connectivity index (χ0n) is 13.3. The average Bonchev–Trinajstić information content (AvgIpc) is 3.08. The van der Waals surface area contributed by atoms with E-state index in [0.29, 0.717) is 28.2 Å². The molecule has 4 rings (SSSR count). The number of anilines is 1. The first kappa shape index (κ1) is 15.7. The number of para-hydroxylation sites is 2. The number of nitrogens with zero attached hydrogens (tertiary/aromatic N) is 3. The Labute approximate surface area is 149 Å². The van der Waals surface area contributed by atoms with Gasteiger partial charge in [0.05, 0.1) is 5.69 Å². The second kappa shape index (κ2) is 6.22. The minimum Gasteiger partial charge on any atom is -0.479 e. The first-order valence-electron chi connectivity index (χ1n) is 7.77. The molecule has 0 radical (unpaired) electrons. The Morgan fingerprint density at radius 1 is 1.16 bits per heavy atom. The van der Waals surface area contributed by atoms with Crippen LogP contribution in [0.5, 0.6) is 5.75 Å². The number of benzene rings is 2. The van der Waals surface area contributed by atoms with Crippen LogP contribution in [0.1, 0.15) is 12.8 Å². The van der Waals surface area contributed by atoms with Gasteiger partial charge in [-0.25, -0.2) is 0 Å². The van der Waals surface area contributed by atoms with Gasteiger partial charge in [-0.1, -0.05) is 28.9 Å². The molecule has 1 aliphatic rings. The first-order valence-corrected chi connectivity index (χ1v) is 8.15. The molecule has 1 aromatic heterocycles. The molecule has 6 nitrogen and oxygen atoms in total. The van der Waals surface area contributed by atoms with Gasteiger partial charge < -0.3 is 9.26 Å². The van der Waals surface area contributed by atoms with Crippen LogP contribution in [0.25, 0.3) is 11.4 Å². The molecule has 126 valence electrons. The molecule has 0 bridgehead atoms. The van der Waals surface area contributed by atoms with Gasteiger partial charge in [0.25, 0.3) is 5.91 Å². The van der Waals surface area contributed by atoms with Gasteiger partial charge >= 0.3 is 0 Å². The van der Waals surface area contributed by atoms with Gasteiger partial charge in [-0.3, -0.25) is 9.69 Å². The predicted octanol–water partition coefficient (Wildman–Crippen LogP) is 3.70. The van der Waals surface area contributed by atoms with Crippen molar-refractivity contribution in [2.24, 2.45) is 0 Å². The Morgan fingerprint density at radius 2 is 1.92 bits per heavy atom. The summed E-state index contributed by atoms with van der Waals surface area (Å²) in [5.74, 6) is 1.31. The van der Waals surface area contributed by atoms with Crippen molar-refractivity contribution >= 4 is 23.2 Å².